The maximum atomic E-state index is 12.0. The fraction of sp³-hybridized carbons (Fsp3) is 0.467. The molecule has 0 aliphatic rings. The summed E-state index contributed by atoms with van der Waals surface area (Å²) in [5, 5.41) is 4.35. The fourth-order valence-corrected chi connectivity index (χ4v) is 2.28. The van der Waals surface area contributed by atoms with Gasteiger partial charge in [0.2, 0.25) is 0 Å². The number of hydrogen-bond donors (Lipinski definition) is 1. The predicted octanol–water partition coefficient (Wildman–Crippen LogP) is 3.33. The Bertz CT molecular complexity index is 578. The second kappa shape index (κ2) is 6.95. The fourth-order valence-electron chi connectivity index (χ4n) is 2.28. The van der Waals surface area contributed by atoms with Gasteiger partial charge in [-0.25, -0.2) is 0 Å². The molecule has 0 saturated carbocycles. The summed E-state index contributed by atoms with van der Waals surface area (Å²) in [7, 11) is 0. The summed E-state index contributed by atoms with van der Waals surface area (Å²) in [6.07, 6.45) is -2.38. The van der Waals surface area contributed by atoms with Crippen molar-refractivity contribution in [3.8, 4) is 0 Å². The first-order valence-electron chi connectivity index (χ1n) is 6.93. The summed E-state index contributed by atoms with van der Waals surface area (Å²) in [5.74, 6) is 0. The lowest BCUT2D eigenvalue weighted by Crippen LogP contribution is -2.19. The molecule has 2 aromatic rings. The number of rotatable bonds is 7. The number of alkyl halides is 3. The number of hydrogen-bond acceptors (Lipinski definition) is 2. The van der Waals surface area contributed by atoms with Gasteiger partial charge in [-0.1, -0.05) is 25.1 Å². The van der Waals surface area contributed by atoms with Crippen LogP contribution < -0.4 is 5.32 Å². The number of halogens is 3. The second-order valence-electron chi connectivity index (χ2n) is 4.81. The van der Waals surface area contributed by atoms with Crippen LogP contribution in [0, 0.1) is 0 Å². The van der Waals surface area contributed by atoms with Crippen molar-refractivity contribution in [2.24, 2.45) is 0 Å². The van der Waals surface area contributed by atoms with Crippen LogP contribution in [-0.4, -0.2) is 30.5 Å². The highest BCUT2D eigenvalue weighted by atomic mass is 19.4. The Hall–Kier alpha value is -1.53. The third kappa shape index (κ3) is 4.47. The molecule has 6 heteroatoms. The molecule has 1 aromatic carbocycles. The zero-order chi connectivity index (χ0) is 15.3. The smallest absolute Gasteiger partial charge is 0.370 e. The third-order valence-corrected chi connectivity index (χ3v) is 3.18. The number of benzene rings is 1. The maximum absolute atomic E-state index is 12.0. The van der Waals surface area contributed by atoms with E-state index >= 15 is 0 Å². The zero-order valence-electron chi connectivity index (χ0n) is 11.9. The van der Waals surface area contributed by atoms with Crippen molar-refractivity contribution in [1.29, 1.82) is 0 Å². The van der Waals surface area contributed by atoms with E-state index in [4.69, 9.17) is 0 Å². The summed E-state index contributed by atoms with van der Waals surface area (Å²) >= 11 is 0. The minimum absolute atomic E-state index is 0.0405. The standard InChI is InChI=1S/C15H19F3N2O/c1-2-19-10-13-5-3-4-12-6-7-20(14(12)13)8-9-21-11-15(16,17)18/h3-7,19H,2,8-11H2,1H3. The van der Waals surface area contributed by atoms with E-state index in [-0.39, 0.29) is 6.61 Å². The normalized spacial score (nSPS) is 12.2. The van der Waals surface area contributed by atoms with Gasteiger partial charge in [-0.2, -0.15) is 13.2 Å². The average Bonchev–Trinajstić information content (AvgIpc) is 2.84. The zero-order valence-corrected chi connectivity index (χ0v) is 11.9. The first kappa shape index (κ1) is 15.9. The van der Waals surface area contributed by atoms with Crippen LogP contribution in [0.15, 0.2) is 30.5 Å². The molecule has 0 fully saturated rings. The quantitative estimate of drug-likeness (QED) is 0.794. The molecular formula is C15H19F3N2O. The number of aromatic nitrogens is 1. The van der Waals surface area contributed by atoms with Crippen molar-refractivity contribution in [3.05, 3.63) is 36.0 Å². The van der Waals surface area contributed by atoms with Gasteiger partial charge in [0.05, 0.1) is 12.1 Å². The Kier molecular flexibility index (Phi) is 5.25. The topological polar surface area (TPSA) is 26.2 Å². The van der Waals surface area contributed by atoms with Crippen molar-refractivity contribution >= 4 is 10.9 Å². The van der Waals surface area contributed by atoms with Gasteiger partial charge in [0.1, 0.15) is 6.61 Å². The van der Waals surface area contributed by atoms with E-state index in [2.05, 4.69) is 10.1 Å². The SMILES string of the molecule is CCNCc1cccc2ccn(CCOCC(F)(F)F)c12. The minimum atomic E-state index is -4.27. The van der Waals surface area contributed by atoms with Gasteiger partial charge in [0.25, 0.3) is 0 Å². The van der Waals surface area contributed by atoms with E-state index in [1.54, 1.807) is 0 Å². The van der Waals surface area contributed by atoms with Crippen LogP contribution in [0.5, 0.6) is 0 Å². The first-order chi connectivity index (χ1) is 10.0. The Morgan fingerprint density at radius 1 is 1.24 bits per heavy atom. The Labute approximate surface area is 121 Å². The Morgan fingerprint density at radius 3 is 2.76 bits per heavy atom. The molecule has 2 rings (SSSR count). The molecule has 1 aromatic heterocycles. The van der Waals surface area contributed by atoms with Crippen LogP contribution in [0.4, 0.5) is 13.2 Å². The number of ether oxygens (including phenoxy) is 1. The molecule has 1 heterocycles. The maximum Gasteiger partial charge on any atom is 0.411 e. The van der Waals surface area contributed by atoms with Gasteiger partial charge in [0.15, 0.2) is 0 Å². The highest BCUT2D eigenvalue weighted by Gasteiger charge is 2.27. The van der Waals surface area contributed by atoms with Crippen LogP contribution in [0.25, 0.3) is 10.9 Å². The molecule has 0 amide bonds. The molecule has 0 saturated heterocycles. The van der Waals surface area contributed by atoms with Gasteiger partial charge in [-0.05, 0) is 23.6 Å². The van der Waals surface area contributed by atoms with Crippen molar-refractivity contribution < 1.29 is 17.9 Å². The Balaban J connectivity index is 2.05. The van der Waals surface area contributed by atoms with Crippen LogP contribution in [-0.2, 0) is 17.8 Å². The Morgan fingerprint density at radius 2 is 2.05 bits per heavy atom. The van der Waals surface area contributed by atoms with E-state index in [9.17, 15) is 13.2 Å². The monoisotopic (exact) mass is 300 g/mol. The number of nitrogens with one attached hydrogen (secondary N) is 1. The molecule has 1 N–H and O–H groups in total. The van der Waals surface area contributed by atoms with E-state index < -0.39 is 12.8 Å². The molecule has 0 spiro atoms. The molecule has 0 atom stereocenters. The van der Waals surface area contributed by atoms with Crippen molar-refractivity contribution in [1.82, 2.24) is 9.88 Å². The van der Waals surface area contributed by atoms with E-state index in [1.807, 2.05) is 42.0 Å². The molecule has 3 nitrogen and oxygen atoms in total. The summed E-state index contributed by atoms with van der Waals surface area (Å²) < 4.78 is 42.7. The molecule has 116 valence electrons. The third-order valence-electron chi connectivity index (χ3n) is 3.18. The van der Waals surface area contributed by atoms with Crippen LogP contribution in [0.1, 0.15) is 12.5 Å². The highest BCUT2D eigenvalue weighted by Crippen LogP contribution is 2.20. The van der Waals surface area contributed by atoms with Crippen LogP contribution in [0.3, 0.4) is 0 Å². The molecule has 0 unspecified atom stereocenters. The van der Waals surface area contributed by atoms with E-state index in [0.29, 0.717) is 6.54 Å². The van der Waals surface area contributed by atoms with Crippen molar-refractivity contribution in [2.45, 2.75) is 26.2 Å². The predicted molar refractivity (Wildman–Crippen MR) is 76.2 cm³/mol. The van der Waals surface area contributed by atoms with E-state index in [1.165, 1.54) is 0 Å². The highest BCUT2D eigenvalue weighted by molar-refractivity contribution is 5.83. The van der Waals surface area contributed by atoms with E-state index in [0.717, 1.165) is 29.6 Å². The van der Waals surface area contributed by atoms with Crippen LogP contribution >= 0.6 is 0 Å². The summed E-state index contributed by atoms with van der Waals surface area (Å²) in [5.41, 5.74) is 2.18. The lowest BCUT2D eigenvalue weighted by atomic mass is 10.1. The molecule has 0 aliphatic carbocycles. The number of para-hydroxylation sites is 1. The largest absolute Gasteiger partial charge is 0.411 e. The average molecular weight is 300 g/mol. The van der Waals surface area contributed by atoms with Gasteiger partial charge < -0.3 is 14.6 Å². The first-order valence-corrected chi connectivity index (χ1v) is 6.93. The lowest BCUT2D eigenvalue weighted by molar-refractivity contribution is -0.174. The lowest BCUT2D eigenvalue weighted by Gasteiger charge is -2.11. The second-order valence-corrected chi connectivity index (χ2v) is 4.81. The van der Waals surface area contributed by atoms with Gasteiger partial charge in [0, 0.05) is 19.3 Å². The van der Waals surface area contributed by atoms with Gasteiger partial charge >= 0.3 is 6.18 Å². The van der Waals surface area contributed by atoms with Gasteiger partial charge in [-0.3, -0.25) is 0 Å². The van der Waals surface area contributed by atoms with Crippen LogP contribution in [0.2, 0.25) is 0 Å². The molecule has 0 radical (unpaired) electrons. The molecule has 0 aliphatic heterocycles. The summed E-state index contributed by atoms with van der Waals surface area (Å²) in [6, 6.07) is 7.98. The van der Waals surface area contributed by atoms with Crippen molar-refractivity contribution in [3.63, 3.8) is 0 Å². The molecule has 21 heavy (non-hydrogen) atoms. The van der Waals surface area contributed by atoms with Gasteiger partial charge in [-0.15, -0.1) is 0 Å². The molecule has 0 bridgehead atoms. The minimum Gasteiger partial charge on any atom is -0.370 e. The summed E-state index contributed by atoms with van der Waals surface area (Å²) in [6.45, 7) is 2.88. The number of fused-ring (bicyclic) bond motifs is 1. The summed E-state index contributed by atoms with van der Waals surface area (Å²) in [4.78, 5) is 0. The molecular weight excluding hydrogens is 281 g/mol. The number of nitrogens with zero attached hydrogens (tertiary/aromatic N) is 1. The van der Waals surface area contributed by atoms with Crippen molar-refractivity contribution in [2.75, 3.05) is 19.8 Å².